The monoisotopic (exact) mass is 270 g/mol. The van der Waals surface area contributed by atoms with E-state index in [0.29, 0.717) is 5.75 Å². The van der Waals surface area contributed by atoms with Gasteiger partial charge in [0.25, 0.3) is 0 Å². The van der Waals surface area contributed by atoms with Gasteiger partial charge in [0, 0.05) is 12.2 Å². The zero-order chi connectivity index (χ0) is 13.5. The number of ether oxygens (including phenoxy) is 1. The predicted octanol–water partition coefficient (Wildman–Crippen LogP) is 0.906. The van der Waals surface area contributed by atoms with Gasteiger partial charge in [-0.05, 0) is 17.7 Å². The third kappa shape index (κ3) is 2.20. The molecule has 0 heterocycles. The number of aliphatic carboxylic acids is 1. The molecule has 0 aromatic heterocycles. The van der Waals surface area contributed by atoms with Crippen LogP contribution in [0, 0.1) is 5.92 Å². The van der Waals surface area contributed by atoms with Crippen molar-refractivity contribution >= 4 is 15.8 Å². The summed E-state index contributed by atoms with van der Waals surface area (Å²) in [4.78, 5) is 11.0. The normalized spacial score (nSPS) is 26.7. The van der Waals surface area contributed by atoms with Gasteiger partial charge in [0.15, 0.2) is 9.84 Å². The molecule has 1 aromatic rings. The van der Waals surface area contributed by atoms with Gasteiger partial charge in [-0.2, -0.15) is 0 Å². The lowest BCUT2D eigenvalue weighted by Gasteiger charge is -2.02. The minimum atomic E-state index is -3.35. The summed E-state index contributed by atoms with van der Waals surface area (Å²) < 4.78 is 28.1. The van der Waals surface area contributed by atoms with Crippen LogP contribution in [0.3, 0.4) is 0 Å². The molecule has 1 aromatic carbocycles. The molecule has 1 N–H and O–H groups in total. The van der Waals surface area contributed by atoms with E-state index in [0.717, 1.165) is 11.8 Å². The molecule has 3 atom stereocenters. The van der Waals surface area contributed by atoms with E-state index in [1.807, 2.05) is 0 Å². The lowest BCUT2D eigenvalue weighted by atomic mass is 10.1. The molecular formula is C12H14O5S. The van der Waals surface area contributed by atoms with Crippen LogP contribution in [0.25, 0.3) is 0 Å². The highest BCUT2D eigenvalue weighted by atomic mass is 32.2. The van der Waals surface area contributed by atoms with Crippen LogP contribution in [-0.2, 0) is 14.6 Å². The summed E-state index contributed by atoms with van der Waals surface area (Å²) in [6, 6.07) is 6.83. The number of benzene rings is 1. The van der Waals surface area contributed by atoms with Gasteiger partial charge in [0.2, 0.25) is 0 Å². The maximum atomic E-state index is 11.5. The van der Waals surface area contributed by atoms with Crippen molar-refractivity contribution in [3.05, 3.63) is 29.8 Å². The van der Waals surface area contributed by atoms with Crippen molar-refractivity contribution in [1.29, 1.82) is 0 Å². The molecule has 0 aliphatic heterocycles. The van der Waals surface area contributed by atoms with Gasteiger partial charge in [-0.15, -0.1) is 0 Å². The second-order valence-corrected chi connectivity index (χ2v) is 6.66. The second-order valence-electron chi connectivity index (χ2n) is 4.46. The van der Waals surface area contributed by atoms with Crippen molar-refractivity contribution in [2.24, 2.45) is 5.92 Å². The fourth-order valence-electron chi connectivity index (χ4n) is 2.33. The zero-order valence-corrected chi connectivity index (χ0v) is 10.8. The Labute approximate surface area is 105 Å². The molecule has 0 radical (unpaired) electrons. The van der Waals surface area contributed by atoms with Gasteiger partial charge < -0.3 is 9.84 Å². The van der Waals surface area contributed by atoms with E-state index in [4.69, 9.17) is 9.84 Å². The van der Waals surface area contributed by atoms with E-state index < -0.39 is 32.9 Å². The zero-order valence-electron chi connectivity index (χ0n) is 10.0. The van der Waals surface area contributed by atoms with E-state index >= 15 is 0 Å². The fraction of sp³-hybridized carbons (Fsp3) is 0.417. The molecule has 0 bridgehead atoms. The number of hydrogen-bond donors (Lipinski definition) is 1. The smallest absolute Gasteiger partial charge is 0.308 e. The van der Waals surface area contributed by atoms with Crippen molar-refractivity contribution in [2.75, 3.05) is 13.4 Å². The third-order valence-electron chi connectivity index (χ3n) is 3.23. The van der Waals surface area contributed by atoms with Crippen LogP contribution in [0.1, 0.15) is 11.5 Å². The van der Waals surface area contributed by atoms with Crippen molar-refractivity contribution < 1.29 is 23.1 Å². The van der Waals surface area contributed by atoms with Gasteiger partial charge in [0.1, 0.15) is 5.75 Å². The van der Waals surface area contributed by atoms with Crippen molar-refractivity contribution in [3.63, 3.8) is 0 Å². The van der Waals surface area contributed by atoms with Crippen LogP contribution in [-0.4, -0.2) is 38.1 Å². The predicted molar refractivity (Wildman–Crippen MR) is 65.5 cm³/mol. The van der Waals surface area contributed by atoms with Gasteiger partial charge in [0.05, 0.1) is 18.3 Å². The Bertz CT molecular complexity index is 561. The molecule has 6 heteroatoms. The first kappa shape index (κ1) is 12.9. The Kier molecular flexibility index (Phi) is 3.06. The van der Waals surface area contributed by atoms with Crippen LogP contribution >= 0.6 is 0 Å². The van der Waals surface area contributed by atoms with Crippen LogP contribution < -0.4 is 4.74 Å². The Morgan fingerprint density at radius 1 is 1.28 bits per heavy atom. The Morgan fingerprint density at radius 2 is 1.83 bits per heavy atom. The first-order valence-corrected chi connectivity index (χ1v) is 7.37. The van der Waals surface area contributed by atoms with E-state index in [1.165, 1.54) is 7.11 Å². The highest BCUT2D eigenvalue weighted by Gasteiger charge is 2.61. The van der Waals surface area contributed by atoms with Crippen LogP contribution in [0.15, 0.2) is 24.3 Å². The Hall–Kier alpha value is -1.56. The molecule has 1 fully saturated rings. The molecule has 1 aliphatic carbocycles. The summed E-state index contributed by atoms with van der Waals surface area (Å²) in [5.74, 6) is -1.70. The molecule has 0 amide bonds. The van der Waals surface area contributed by atoms with Crippen molar-refractivity contribution in [1.82, 2.24) is 0 Å². The molecule has 0 unspecified atom stereocenters. The number of carboxylic acids is 1. The average molecular weight is 270 g/mol. The molecule has 5 nitrogen and oxygen atoms in total. The highest BCUT2D eigenvalue weighted by molar-refractivity contribution is 7.91. The minimum Gasteiger partial charge on any atom is -0.497 e. The van der Waals surface area contributed by atoms with Crippen LogP contribution in [0.5, 0.6) is 5.75 Å². The Balaban J connectivity index is 2.30. The summed E-state index contributed by atoms with van der Waals surface area (Å²) >= 11 is 0. The fourth-order valence-corrected chi connectivity index (χ4v) is 3.92. The summed E-state index contributed by atoms with van der Waals surface area (Å²) in [7, 11) is -1.82. The molecule has 98 valence electrons. The summed E-state index contributed by atoms with van der Waals surface area (Å²) in [5, 5.41) is 8.21. The summed E-state index contributed by atoms with van der Waals surface area (Å²) in [6.45, 7) is 0. The Morgan fingerprint density at radius 3 is 2.17 bits per heavy atom. The standard InChI is InChI=1S/C12H14O5S/c1-17-8-5-3-7(4-6-8)9-10(12(13)14)11(9)18(2,15)16/h3-6,9-11H,1-2H3,(H,13,14)/t9-,10-,11-/m1/s1. The topological polar surface area (TPSA) is 80.7 Å². The number of carbonyl (C=O) groups is 1. The number of hydrogen-bond acceptors (Lipinski definition) is 4. The number of carboxylic acid groups (broad SMARTS) is 1. The second kappa shape index (κ2) is 4.28. The van der Waals surface area contributed by atoms with E-state index in [2.05, 4.69) is 0 Å². The summed E-state index contributed by atoms with van der Waals surface area (Å²) in [5.41, 5.74) is 0.721. The molecule has 0 saturated heterocycles. The molecule has 18 heavy (non-hydrogen) atoms. The van der Waals surface area contributed by atoms with E-state index in [9.17, 15) is 13.2 Å². The molecule has 1 saturated carbocycles. The van der Waals surface area contributed by atoms with Crippen molar-refractivity contribution in [3.8, 4) is 5.75 Å². The first-order valence-electron chi connectivity index (χ1n) is 5.42. The average Bonchev–Trinajstić information content (AvgIpc) is 3.04. The van der Waals surface area contributed by atoms with Gasteiger partial charge in [-0.1, -0.05) is 12.1 Å². The van der Waals surface area contributed by atoms with Crippen LogP contribution in [0.2, 0.25) is 0 Å². The van der Waals surface area contributed by atoms with Crippen molar-refractivity contribution in [2.45, 2.75) is 11.2 Å². The maximum Gasteiger partial charge on any atom is 0.308 e. The molecule has 1 aliphatic rings. The largest absolute Gasteiger partial charge is 0.497 e. The molecule has 2 rings (SSSR count). The lowest BCUT2D eigenvalue weighted by Crippen LogP contribution is -2.10. The maximum absolute atomic E-state index is 11.5. The minimum absolute atomic E-state index is 0.455. The molecular weight excluding hydrogens is 256 g/mol. The number of sulfone groups is 1. The highest BCUT2D eigenvalue weighted by Crippen LogP contribution is 2.52. The van der Waals surface area contributed by atoms with E-state index in [-0.39, 0.29) is 0 Å². The summed E-state index contributed by atoms with van der Waals surface area (Å²) in [6.07, 6.45) is 1.08. The lowest BCUT2D eigenvalue weighted by molar-refractivity contribution is -0.138. The molecule has 0 spiro atoms. The SMILES string of the molecule is COc1ccc([C@@H]2[C@@H](C(=O)O)[C@@H]2S(C)(=O)=O)cc1. The van der Waals surface area contributed by atoms with Gasteiger partial charge in [-0.3, -0.25) is 4.79 Å². The first-order chi connectivity index (χ1) is 8.36. The number of rotatable bonds is 4. The van der Waals surface area contributed by atoms with E-state index in [1.54, 1.807) is 24.3 Å². The quantitative estimate of drug-likeness (QED) is 0.879. The van der Waals surface area contributed by atoms with Gasteiger partial charge >= 0.3 is 5.97 Å². The van der Waals surface area contributed by atoms with Gasteiger partial charge in [-0.25, -0.2) is 8.42 Å². The number of methoxy groups -OCH3 is 1. The van der Waals surface area contributed by atoms with Crippen LogP contribution in [0.4, 0.5) is 0 Å². The third-order valence-corrected chi connectivity index (χ3v) is 4.81.